The highest BCUT2D eigenvalue weighted by atomic mass is 19.1. The molecule has 1 nitrogen and oxygen atoms in total. The molecule has 2 rings (SSSR count). The Labute approximate surface area is 103 Å². The molecule has 1 aromatic carbocycles. The molecule has 3 unspecified atom stereocenters. The Bertz CT molecular complexity index is 389. The van der Waals surface area contributed by atoms with E-state index in [4.69, 9.17) is 5.73 Å². The lowest BCUT2D eigenvalue weighted by Gasteiger charge is -2.34. The minimum absolute atomic E-state index is 0.120. The van der Waals surface area contributed by atoms with E-state index < -0.39 is 0 Å². The van der Waals surface area contributed by atoms with Crippen molar-refractivity contribution in [2.24, 2.45) is 11.7 Å². The molecule has 0 aromatic heterocycles. The van der Waals surface area contributed by atoms with Crippen LogP contribution in [0.1, 0.15) is 49.7 Å². The van der Waals surface area contributed by atoms with Crippen molar-refractivity contribution in [1.29, 1.82) is 0 Å². The van der Waals surface area contributed by atoms with Gasteiger partial charge in [0.15, 0.2) is 0 Å². The Balaban J connectivity index is 2.21. The summed E-state index contributed by atoms with van der Waals surface area (Å²) >= 11 is 0. The van der Waals surface area contributed by atoms with Crippen LogP contribution in [0.25, 0.3) is 0 Å². The Morgan fingerprint density at radius 1 is 1.35 bits per heavy atom. The molecular weight excluding hydrogens is 213 g/mol. The average Bonchev–Trinajstić information content (AvgIpc) is 2.33. The second-order valence-electron chi connectivity index (χ2n) is 5.37. The standard InChI is InChI=1S/C15H22FN/c1-3-11-4-7-15(17)13(9-11)12-5-6-14(16)10(2)8-12/h5-6,8,11,13,15H,3-4,7,9,17H2,1-2H3. The van der Waals surface area contributed by atoms with Crippen LogP contribution < -0.4 is 5.73 Å². The van der Waals surface area contributed by atoms with Crippen molar-refractivity contribution in [3.05, 3.63) is 35.1 Å². The van der Waals surface area contributed by atoms with Gasteiger partial charge in [-0.15, -0.1) is 0 Å². The fourth-order valence-corrected chi connectivity index (χ4v) is 2.93. The topological polar surface area (TPSA) is 26.0 Å². The Morgan fingerprint density at radius 3 is 2.76 bits per heavy atom. The lowest BCUT2D eigenvalue weighted by molar-refractivity contribution is 0.282. The molecular formula is C15H22FN. The zero-order chi connectivity index (χ0) is 12.4. The molecule has 1 aliphatic carbocycles. The average molecular weight is 235 g/mol. The Morgan fingerprint density at radius 2 is 2.12 bits per heavy atom. The number of aryl methyl sites for hydroxylation is 1. The van der Waals surface area contributed by atoms with Gasteiger partial charge in [0.1, 0.15) is 5.82 Å². The van der Waals surface area contributed by atoms with Gasteiger partial charge in [-0.05, 0) is 55.2 Å². The Kier molecular flexibility index (Phi) is 3.82. The summed E-state index contributed by atoms with van der Waals surface area (Å²) < 4.78 is 13.3. The van der Waals surface area contributed by atoms with Gasteiger partial charge in [-0.25, -0.2) is 4.39 Å². The summed E-state index contributed by atoms with van der Waals surface area (Å²) in [6, 6.07) is 5.69. The molecule has 0 amide bonds. The molecule has 94 valence electrons. The Hall–Kier alpha value is -0.890. The predicted molar refractivity (Wildman–Crippen MR) is 69.5 cm³/mol. The van der Waals surface area contributed by atoms with E-state index in [9.17, 15) is 4.39 Å². The van der Waals surface area contributed by atoms with E-state index in [1.54, 1.807) is 6.07 Å². The first-order chi connectivity index (χ1) is 8.11. The van der Waals surface area contributed by atoms with Crippen molar-refractivity contribution >= 4 is 0 Å². The monoisotopic (exact) mass is 235 g/mol. The highest BCUT2D eigenvalue weighted by Gasteiger charge is 2.28. The molecule has 3 atom stereocenters. The van der Waals surface area contributed by atoms with Crippen LogP contribution in [0, 0.1) is 18.7 Å². The first-order valence-electron chi connectivity index (χ1n) is 6.63. The molecule has 0 heterocycles. The summed E-state index contributed by atoms with van der Waals surface area (Å²) in [5, 5.41) is 0. The van der Waals surface area contributed by atoms with Crippen molar-refractivity contribution < 1.29 is 4.39 Å². The van der Waals surface area contributed by atoms with Crippen LogP contribution in [0.4, 0.5) is 4.39 Å². The van der Waals surface area contributed by atoms with Gasteiger partial charge in [0.2, 0.25) is 0 Å². The highest BCUT2D eigenvalue weighted by molar-refractivity contribution is 5.28. The number of rotatable bonds is 2. The van der Waals surface area contributed by atoms with Crippen LogP contribution in [-0.4, -0.2) is 6.04 Å². The van der Waals surface area contributed by atoms with E-state index >= 15 is 0 Å². The fraction of sp³-hybridized carbons (Fsp3) is 0.600. The predicted octanol–water partition coefficient (Wildman–Crippen LogP) is 3.76. The normalized spacial score (nSPS) is 29.3. The number of hydrogen-bond donors (Lipinski definition) is 1. The minimum atomic E-state index is -0.120. The lowest BCUT2D eigenvalue weighted by atomic mass is 9.74. The van der Waals surface area contributed by atoms with E-state index in [0.717, 1.165) is 24.3 Å². The van der Waals surface area contributed by atoms with Crippen molar-refractivity contribution in [2.75, 3.05) is 0 Å². The highest BCUT2D eigenvalue weighted by Crippen LogP contribution is 2.37. The van der Waals surface area contributed by atoms with Gasteiger partial charge in [-0.1, -0.05) is 25.5 Å². The zero-order valence-electron chi connectivity index (χ0n) is 10.7. The number of nitrogens with two attached hydrogens (primary N) is 1. The molecule has 1 fully saturated rings. The van der Waals surface area contributed by atoms with Crippen LogP contribution in [0.3, 0.4) is 0 Å². The summed E-state index contributed by atoms with van der Waals surface area (Å²) in [4.78, 5) is 0. The molecule has 2 heteroatoms. The third-order valence-corrected chi connectivity index (χ3v) is 4.20. The molecule has 1 aliphatic rings. The van der Waals surface area contributed by atoms with Crippen LogP contribution in [0.5, 0.6) is 0 Å². The van der Waals surface area contributed by atoms with Crippen LogP contribution in [-0.2, 0) is 0 Å². The lowest BCUT2D eigenvalue weighted by Crippen LogP contribution is -2.34. The molecule has 1 saturated carbocycles. The van der Waals surface area contributed by atoms with Crippen LogP contribution >= 0.6 is 0 Å². The minimum Gasteiger partial charge on any atom is -0.327 e. The van der Waals surface area contributed by atoms with Crippen molar-refractivity contribution in [3.8, 4) is 0 Å². The quantitative estimate of drug-likeness (QED) is 0.830. The van der Waals surface area contributed by atoms with Gasteiger partial charge in [0, 0.05) is 6.04 Å². The van der Waals surface area contributed by atoms with E-state index in [0.29, 0.717) is 5.92 Å². The fourth-order valence-electron chi connectivity index (χ4n) is 2.93. The maximum Gasteiger partial charge on any atom is 0.126 e. The molecule has 17 heavy (non-hydrogen) atoms. The zero-order valence-corrected chi connectivity index (χ0v) is 10.7. The summed E-state index contributed by atoms with van der Waals surface area (Å²) in [5.41, 5.74) is 8.17. The second-order valence-corrected chi connectivity index (χ2v) is 5.37. The summed E-state index contributed by atoms with van der Waals surface area (Å²) in [6.45, 7) is 4.07. The van der Waals surface area contributed by atoms with Crippen molar-refractivity contribution in [3.63, 3.8) is 0 Å². The van der Waals surface area contributed by atoms with Crippen LogP contribution in [0.15, 0.2) is 18.2 Å². The number of halogens is 1. The second kappa shape index (κ2) is 5.18. The van der Waals surface area contributed by atoms with Gasteiger partial charge in [0.25, 0.3) is 0 Å². The maximum absolute atomic E-state index is 13.3. The first kappa shape index (κ1) is 12.6. The summed E-state index contributed by atoms with van der Waals surface area (Å²) in [5.74, 6) is 1.07. The van der Waals surface area contributed by atoms with Crippen LogP contribution in [0.2, 0.25) is 0 Å². The van der Waals surface area contributed by atoms with Crippen molar-refractivity contribution in [1.82, 2.24) is 0 Å². The molecule has 0 saturated heterocycles. The van der Waals surface area contributed by atoms with Gasteiger partial charge in [-0.2, -0.15) is 0 Å². The number of hydrogen-bond acceptors (Lipinski definition) is 1. The summed E-state index contributed by atoms with van der Waals surface area (Å²) in [6.07, 6.45) is 4.72. The first-order valence-corrected chi connectivity index (χ1v) is 6.63. The third kappa shape index (κ3) is 2.68. The molecule has 1 aromatic rings. The summed E-state index contributed by atoms with van der Waals surface area (Å²) in [7, 11) is 0. The SMILES string of the molecule is CCC1CCC(N)C(c2ccc(F)c(C)c2)C1. The van der Waals surface area contributed by atoms with E-state index in [-0.39, 0.29) is 11.9 Å². The van der Waals surface area contributed by atoms with Crippen molar-refractivity contribution in [2.45, 2.75) is 51.5 Å². The molecule has 0 spiro atoms. The molecule has 0 aliphatic heterocycles. The largest absolute Gasteiger partial charge is 0.327 e. The number of benzene rings is 1. The third-order valence-electron chi connectivity index (χ3n) is 4.20. The smallest absolute Gasteiger partial charge is 0.126 e. The molecule has 2 N–H and O–H groups in total. The van der Waals surface area contributed by atoms with Gasteiger partial charge < -0.3 is 5.73 Å². The van der Waals surface area contributed by atoms with Gasteiger partial charge in [-0.3, -0.25) is 0 Å². The molecule has 0 radical (unpaired) electrons. The van der Waals surface area contributed by atoms with E-state index in [1.807, 2.05) is 19.1 Å². The maximum atomic E-state index is 13.3. The van der Waals surface area contributed by atoms with E-state index in [2.05, 4.69) is 6.92 Å². The molecule has 0 bridgehead atoms. The van der Waals surface area contributed by atoms with Gasteiger partial charge >= 0.3 is 0 Å². The van der Waals surface area contributed by atoms with Gasteiger partial charge in [0.05, 0.1) is 0 Å². The van der Waals surface area contributed by atoms with E-state index in [1.165, 1.54) is 18.4 Å².